The molecule has 0 saturated heterocycles. The predicted octanol–water partition coefficient (Wildman–Crippen LogP) is 4.43. The Morgan fingerprint density at radius 2 is 1.85 bits per heavy atom. The van der Waals surface area contributed by atoms with Crippen molar-refractivity contribution in [1.29, 1.82) is 0 Å². The molecule has 0 aliphatic heterocycles. The number of carbonyl (C=O) groups excluding carboxylic acids is 1. The first-order chi connectivity index (χ1) is 13.1. The van der Waals surface area contributed by atoms with Gasteiger partial charge in [0.25, 0.3) is 0 Å². The van der Waals surface area contributed by atoms with Crippen molar-refractivity contribution < 1.29 is 4.79 Å². The number of hydrogen-bond donors (Lipinski definition) is 2. The number of hydrogen-bond acceptors (Lipinski definition) is 5. The van der Waals surface area contributed by atoms with Crippen molar-refractivity contribution in [2.75, 3.05) is 18.1 Å². The number of aromatic amines is 1. The number of carbonyl (C=O) groups is 1. The number of thioether (sulfide) groups is 2. The molecule has 1 heterocycles. The Morgan fingerprint density at radius 1 is 1.11 bits per heavy atom. The highest BCUT2D eigenvalue weighted by molar-refractivity contribution is 7.99. The van der Waals surface area contributed by atoms with Crippen LogP contribution < -0.4 is 5.32 Å². The van der Waals surface area contributed by atoms with Crippen LogP contribution in [0.25, 0.3) is 11.4 Å². The van der Waals surface area contributed by atoms with Crippen molar-refractivity contribution in [2.24, 2.45) is 0 Å². The molecule has 0 aliphatic carbocycles. The van der Waals surface area contributed by atoms with Crippen LogP contribution in [0.15, 0.2) is 58.6 Å². The lowest BCUT2D eigenvalue weighted by Crippen LogP contribution is -2.27. The molecule has 3 aromatic rings. The van der Waals surface area contributed by atoms with Gasteiger partial charge >= 0.3 is 0 Å². The van der Waals surface area contributed by atoms with Gasteiger partial charge < -0.3 is 5.32 Å². The van der Waals surface area contributed by atoms with E-state index in [9.17, 15) is 4.79 Å². The van der Waals surface area contributed by atoms with Crippen LogP contribution in [0.3, 0.4) is 0 Å². The lowest BCUT2D eigenvalue weighted by molar-refractivity contribution is -0.118. The second-order valence-corrected chi connectivity index (χ2v) is 8.32. The highest BCUT2D eigenvalue weighted by Gasteiger charge is 2.09. The Balaban J connectivity index is 1.38. The standard InChI is InChI=1S/C19H19ClN4OS2/c1-13-2-8-16(9-3-13)26-11-10-21-17(25)12-27-19-22-18(23-24-19)14-4-6-15(20)7-5-14/h2-9H,10-12H2,1H3,(H,21,25)(H,22,23,24). The molecule has 8 heteroatoms. The molecule has 0 atom stereocenters. The van der Waals surface area contributed by atoms with Crippen LogP contribution in [-0.2, 0) is 4.79 Å². The van der Waals surface area contributed by atoms with Crippen molar-refractivity contribution in [3.8, 4) is 11.4 Å². The molecule has 0 spiro atoms. The molecule has 27 heavy (non-hydrogen) atoms. The third-order valence-corrected chi connectivity index (χ3v) is 5.74. The van der Waals surface area contributed by atoms with Crippen molar-refractivity contribution in [3.05, 3.63) is 59.1 Å². The van der Waals surface area contributed by atoms with E-state index in [0.29, 0.717) is 22.5 Å². The van der Waals surface area contributed by atoms with E-state index in [0.717, 1.165) is 11.3 Å². The fourth-order valence-electron chi connectivity index (χ4n) is 2.22. The van der Waals surface area contributed by atoms with E-state index in [4.69, 9.17) is 11.6 Å². The molecule has 2 aromatic carbocycles. The quantitative estimate of drug-likeness (QED) is 0.418. The highest BCUT2D eigenvalue weighted by atomic mass is 35.5. The number of nitrogens with zero attached hydrogens (tertiary/aromatic N) is 2. The molecule has 140 valence electrons. The van der Waals surface area contributed by atoms with Crippen molar-refractivity contribution in [2.45, 2.75) is 17.0 Å². The van der Waals surface area contributed by atoms with Gasteiger partial charge in [-0.15, -0.1) is 16.9 Å². The number of amides is 1. The SMILES string of the molecule is Cc1ccc(SCCNC(=O)CSc2n[nH]c(-c3ccc(Cl)cc3)n2)cc1. The molecule has 0 bridgehead atoms. The summed E-state index contributed by atoms with van der Waals surface area (Å²) < 4.78 is 0. The first-order valence-electron chi connectivity index (χ1n) is 8.37. The van der Waals surface area contributed by atoms with Gasteiger partial charge in [0.05, 0.1) is 5.75 Å². The van der Waals surface area contributed by atoms with E-state index in [1.807, 2.05) is 12.1 Å². The average Bonchev–Trinajstić information content (AvgIpc) is 3.14. The van der Waals surface area contributed by atoms with Crippen LogP contribution in [0, 0.1) is 6.92 Å². The van der Waals surface area contributed by atoms with Crippen LogP contribution in [-0.4, -0.2) is 39.1 Å². The Morgan fingerprint density at radius 3 is 2.59 bits per heavy atom. The molecule has 0 aliphatic rings. The third kappa shape index (κ3) is 6.30. The summed E-state index contributed by atoms with van der Waals surface area (Å²) in [5, 5.41) is 11.2. The molecule has 0 fully saturated rings. The zero-order valence-electron chi connectivity index (χ0n) is 14.7. The number of rotatable bonds is 8. The fourth-order valence-corrected chi connectivity index (χ4v) is 3.75. The summed E-state index contributed by atoms with van der Waals surface area (Å²) in [5.74, 6) is 1.75. The van der Waals surface area contributed by atoms with Crippen molar-refractivity contribution in [3.63, 3.8) is 0 Å². The van der Waals surface area contributed by atoms with Crippen molar-refractivity contribution in [1.82, 2.24) is 20.5 Å². The zero-order valence-corrected chi connectivity index (χ0v) is 17.1. The summed E-state index contributed by atoms with van der Waals surface area (Å²) in [7, 11) is 0. The van der Waals surface area contributed by atoms with Gasteiger partial charge in [0.2, 0.25) is 11.1 Å². The van der Waals surface area contributed by atoms with Gasteiger partial charge in [0.15, 0.2) is 5.82 Å². The monoisotopic (exact) mass is 418 g/mol. The van der Waals surface area contributed by atoms with Gasteiger partial charge in [-0.25, -0.2) is 4.98 Å². The summed E-state index contributed by atoms with van der Waals surface area (Å²) in [4.78, 5) is 17.6. The lowest BCUT2D eigenvalue weighted by atomic mass is 10.2. The Bertz CT molecular complexity index is 881. The van der Waals surface area contributed by atoms with E-state index in [2.05, 4.69) is 51.7 Å². The molecule has 2 N–H and O–H groups in total. The maximum Gasteiger partial charge on any atom is 0.230 e. The summed E-state index contributed by atoms with van der Waals surface area (Å²) >= 11 is 8.92. The van der Waals surface area contributed by atoms with Gasteiger partial charge in [0.1, 0.15) is 0 Å². The smallest absolute Gasteiger partial charge is 0.230 e. The van der Waals surface area contributed by atoms with Crippen LogP contribution >= 0.6 is 35.1 Å². The molecular weight excluding hydrogens is 400 g/mol. The number of halogens is 1. The largest absolute Gasteiger partial charge is 0.355 e. The number of nitrogens with one attached hydrogen (secondary N) is 2. The second kappa shape index (κ2) is 9.82. The van der Waals surface area contributed by atoms with Crippen LogP contribution in [0.4, 0.5) is 0 Å². The summed E-state index contributed by atoms with van der Waals surface area (Å²) in [5.41, 5.74) is 2.15. The van der Waals surface area contributed by atoms with E-state index in [-0.39, 0.29) is 11.7 Å². The summed E-state index contributed by atoms with van der Waals surface area (Å²) in [6.45, 7) is 2.70. The molecule has 0 saturated carbocycles. The van der Waals surface area contributed by atoms with Crippen LogP contribution in [0.5, 0.6) is 0 Å². The highest BCUT2D eigenvalue weighted by Crippen LogP contribution is 2.21. The normalized spacial score (nSPS) is 10.7. The number of H-pyrrole nitrogens is 1. The maximum atomic E-state index is 12.0. The fraction of sp³-hybridized carbons (Fsp3) is 0.211. The molecule has 3 rings (SSSR count). The Hall–Kier alpha value is -1.96. The average molecular weight is 419 g/mol. The third-order valence-electron chi connectivity index (χ3n) is 3.63. The van der Waals surface area contributed by atoms with Gasteiger partial charge in [-0.3, -0.25) is 9.89 Å². The minimum Gasteiger partial charge on any atom is -0.355 e. The number of aryl methyl sites for hydroxylation is 1. The van der Waals surface area contributed by atoms with E-state index in [1.165, 1.54) is 22.2 Å². The van der Waals surface area contributed by atoms with Crippen molar-refractivity contribution >= 4 is 41.0 Å². The second-order valence-electron chi connectivity index (χ2n) is 5.77. The van der Waals surface area contributed by atoms with Gasteiger partial charge in [-0.05, 0) is 43.3 Å². The van der Waals surface area contributed by atoms with Gasteiger partial charge in [0, 0.05) is 27.8 Å². The minimum atomic E-state index is -0.0256. The van der Waals surface area contributed by atoms with E-state index < -0.39 is 0 Å². The first-order valence-corrected chi connectivity index (χ1v) is 10.7. The Kier molecular flexibility index (Phi) is 7.20. The molecule has 0 radical (unpaired) electrons. The lowest BCUT2D eigenvalue weighted by Gasteiger charge is -2.04. The first kappa shape index (κ1) is 19.8. The number of aromatic nitrogens is 3. The van der Waals surface area contributed by atoms with Gasteiger partial charge in [-0.2, -0.15) is 0 Å². The van der Waals surface area contributed by atoms with Gasteiger partial charge in [-0.1, -0.05) is 41.1 Å². The maximum absolute atomic E-state index is 12.0. The molecular formula is C19H19ClN4OS2. The molecule has 1 aromatic heterocycles. The molecule has 5 nitrogen and oxygen atoms in total. The van der Waals surface area contributed by atoms with E-state index >= 15 is 0 Å². The molecule has 1 amide bonds. The Labute approximate surface area is 171 Å². The van der Waals surface area contributed by atoms with Crippen LogP contribution in [0.2, 0.25) is 5.02 Å². The van der Waals surface area contributed by atoms with Crippen LogP contribution in [0.1, 0.15) is 5.56 Å². The summed E-state index contributed by atoms with van der Waals surface area (Å²) in [6.07, 6.45) is 0. The zero-order chi connectivity index (χ0) is 19.1. The minimum absolute atomic E-state index is 0.0256. The van der Waals surface area contributed by atoms with E-state index in [1.54, 1.807) is 23.9 Å². The topological polar surface area (TPSA) is 70.7 Å². The summed E-state index contributed by atoms with van der Waals surface area (Å²) in [6, 6.07) is 15.7. The number of benzene rings is 2. The predicted molar refractivity (Wildman–Crippen MR) is 112 cm³/mol. The molecule has 0 unspecified atom stereocenters.